The van der Waals surface area contributed by atoms with E-state index in [0.29, 0.717) is 5.82 Å². The third-order valence-corrected chi connectivity index (χ3v) is 6.07. The molecule has 0 aliphatic carbocycles. The highest BCUT2D eigenvalue weighted by Crippen LogP contribution is 2.39. The summed E-state index contributed by atoms with van der Waals surface area (Å²) in [6.45, 7) is 10.2. The maximum Gasteiger partial charge on any atom is 0.264 e. The maximum absolute atomic E-state index is 13.9. The minimum atomic E-state index is -1.67. The Morgan fingerprint density at radius 3 is 2.56 bits per heavy atom. The Hall–Kier alpha value is -2.03. The van der Waals surface area contributed by atoms with Crippen LogP contribution in [0.25, 0.3) is 10.7 Å². The molecule has 7 nitrogen and oxygen atoms in total. The Morgan fingerprint density at radius 1 is 1.26 bits per heavy atom. The summed E-state index contributed by atoms with van der Waals surface area (Å²) < 4.78 is 19.0. The first-order chi connectivity index (χ1) is 12.5. The third-order valence-electron chi connectivity index (χ3n) is 5.04. The van der Waals surface area contributed by atoms with Crippen LogP contribution in [0.3, 0.4) is 0 Å². The van der Waals surface area contributed by atoms with E-state index >= 15 is 0 Å². The molecule has 2 atom stereocenters. The molecule has 0 N–H and O–H groups in total. The lowest BCUT2D eigenvalue weighted by atomic mass is 9.94. The molecule has 0 saturated carbocycles. The summed E-state index contributed by atoms with van der Waals surface area (Å²) in [5, 5.41) is 4.76. The highest BCUT2D eigenvalue weighted by molar-refractivity contribution is 7.18. The van der Waals surface area contributed by atoms with Crippen molar-refractivity contribution in [3.8, 4) is 10.7 Å². The van der Waals surface area contributed by atoms with E-state index < -0.39 is 5.67 Å². The average molecular weight is 393 g/mol. The van der Waals surface area contributed by atoms with E-state index in [4.69, 9.17) is 4.52 Å². The van der Waals surface area contributed by atoms with E-state index in [-0.39, 0.29) is 29.3 Å². The molecular weight excluding hydrogens is 369 g/mol. The molecule has 0 aromatic carbocycles. The van der Waals surface area contributed by atoms with Gasteiger partial charge in [0.1, 0.15) is 0 Å². The number of rotatable bonds is 3. The largest absolute Gasteiger partial charge is 0.341 e. The van der Waals surface area contributed by atoms with Crippen LogP contribution in [0.1, 0.15) is 46.9 Å². The summed E-state index contributed by atoms with van der Waals surface area (Å²) in [7, 11) is 0. The Morgan fingerprint density at radius 2 is 2.00 bits per heavy atom. The topological polar surface area (TPSA) is 75.4 Å². The molecule has 1 amide bonds. The molecule has 2 aromatic rings. The first-order valence-corrected chi connectivity index (χ1v) is 9.92. The van der Waals surface area contributed by atoms with Gasteiger partial charge in [0, 0.05) is 18.5 Å². The van der Waals surface area contributed by atoms with Gasteiger partial charge >= 0.3 is 0 Å². The van der Waals surface area contributed by atoms with Gasteiger partial charge in [-0.25, -0.2) is 9.37 Å². The Bertz CT molecular complexity index is 866. The number of nitrogens with zero attached hydrogens (tertiary/aromatic N) is 5. The molecule has 2 aliphatic rings. The summed E-state index contributed by atoms with van der Waals surface area (Å²) >= 11 is 1.47. The second kappa shape index (κ2) is 5.98. The number of amides is 1. The van der Waals surface area contributed by atoms with E-state index in [1.165, 1.54) is 25.2 Å². The van der Waals surface area contributed by atoms with Crippen molar-refractivity contribution in [3.63, 3.8) is 0 Å². The normalized spacial score (nSPS) is 22.7. The van der Waals surface area contributed by atoms with E-state index in [1.807, 2.05) is 25.7 Å². The number of carbonyl (C=O) groups excluding carboxylic acids is 1. The van der Waals surface area contributed by atoms with Gasteiger partial charge in [-0.15, -0.1) is 0 Å². The van der Waals surface area contributed by atoms with Gasteiger partial charge in [-0.1, -0.05) is 37.3 Å². The van der Waals surface area contributed by atoms with Gasteiger partial charge in [-0.05, 0) is 20.3 Å². The van der Waals surface area contributed by atoms with Crippen LogP contribution in [-0.4, -0.2) is 51.1 Å². The van der Waals surface area contributed by atoms with Crippen molar-refractivity contribution in [2.45, 2.75) is 58.8 Å². The molecule has 146 valence electrons. The summed E-state index contributed by atoms with van der Waals surface area (Å²) in [5.41, 5.74) is -2.03. The Kier molecular flexibility index (Phi) is 4.06. The zero-order valence-corrected chi connectivity index (χ0v) is 17.0. The van der Waals surface area contributed by atoms with Crippen LogP contribution >= 0.6 is 11.3 Å². The molecule has 2 aliphatic heterocycles. The van der Waals surface area contributed by atoms with Gasteiger partial charge in [0.25, 0.3) is 5.89 Å². The molecule has 2 aromatic heterocycles. The maximum atomic E-state index is 13.9. The third kappa shape index (κ3) is 3.22. The monoisotopic (exact) mass is 393 g/mol. The predicted molar refractivity (Wildman–Crippen MR) is 100 cm³/mol. The number of piperazine rings is 1. The number of alkyl halides is 1. The molecule has 0 radical (unpaired) electrons. The van der Waals surface area contributed by atoms with E-state index in [2.05, 4.69) is 20.0 Å². The zero-order chi connectivity index (χ0) is 19.6. The van der Waals surface area contributed by atoms with Crippen LogP contribution in [-0.2, 0) is 10.5 Å². The average Bonchev–Trinajstić information content (AvgIpc) is 3.32. The fourth-order valence-corrected chi connectivity index (χ4v) is 4.57. The van der Waals surface area contributed by atoms with Crippen LogP contribution in [0.15, 0.2) is 10.7 Å². The van der Waals surface area contributed by atoms with Crippen molar-refractivity contribution < 1.29 is 13.7 Å². The molecule has 2 bridgehead atoms. The molecular formula is C18H24FN5O2S. The second-order valence-electron chi connectivity index (χ2n) is 8.81. The van der Waals surface area contributed by atoms with Crippen LogP contribution in [0.2, 0.25) is 0 Å². The summed E-state index contributed by atoms with van der Waals surface area (Å²) in [4.78, 5) is 26.3. The van der Waals surface area contributed by atoms with Crippen molar-refractivity contribution in [2.75, 3.05) is 18.0 Å². The number of likely N-dealkylation sites (tertiary alicyclic amines) is 1. The van der Waals surface area contributed by atoms with E-state index in [9.17, 15) is 9.18 Å². The van der Waals surface area contributed by atoms with Crippen molar-refractivity contribution in [2.24, 2.45) is 5.41 Å². The minimum Gasteiger partial charge on any atom is -0.341 e. The molecule has 2 unspecified atom stereocenters. The van der Waals surface area contributed by atoms with Crippen molar-refractivity contribution in [1.82, 2.24) is 20.0 Å². The van der Waals surface area contributed by atoms with Crippen molar-refractivity contribution >= 4 is 22.4 Å². The number of thiazole rings is 1. The number of carbonyl (C=O) groups is 1. The molecule has 2 saturated heterocycles. The van der Waals surface area contributed by atoms with Crippen molar-refractivity contribution in [1.29, 1.82) is 0 Å². The highest BCUT2D eigenvalue weighted by atomic mass is 32.1. The number of fused-ring (bicyclic) bond motifs is 2. The molecule has 2 fully saturated rings. The Labute approximate surface area is 161 Å². The van der Waals surface area contributed by atoms with Crippen molar-refractivity contribution in [3.05, 3.63) is 12.1 Å². The fraction of sp³-hybridized carbons (Fsp3) is 0.667. The standard InChI is InChI=1S/C18H24FN5O2S/c1-17(2,3)15(25)23-8-11-6-10(23)9-24(11)16-20-7-12(27-16)13-21-14(26-22-13)18(4,5)19/h7,10-11H,6,8-9H2,1-5H3. The van der Waals surface area contributed by atoms with Gasteiger partial charge in [0.15, 0.2) is 10.8 Å². The quantitative estimate of drug-likeness (QED) is 0.797. The minimum absolute atomic E-state index is 0.0380. The van der Waals surface area contributed by atoms with Gasteiger partial charge in [-0.2, -0.15) is 4.98 Å². The summed E-state index contributed by atoms with van der Waals surface area (Å²) in [6, 6.07) is 0.518. The number of hydrogen-bond acceptors (Lipinski definition) is 7. The lowest BCUT2D eigenvalue weighted by molar-refractivity contribution is -0.140. The van der Waals surface area contributed by atoms with E-state index in [0.717, 1.165) is 29.5 Å². The highest BCUT2D eigenvalue weighted by Gasteiger charge is 2.48. The lowest BCUT2D eigenvalue weighted by Gasteiger charge is -2.37. The first-order valence-electron chi connectivity index (χ1n) is 9.11. The lowest BCUT2D eigenvalue weighted by Crippen LogP contribution is -2.51. The summed E-state index contributed by atoms with van der Waals surface area (Å²) in [5.74, 6) is 0.528. The Balaban J connectivity index is 1.48. The number of aromatic nitrogens is 3. The zero-order valence-electron chi connectivity index (χ0n) is 16.2. The van der Waals surface area contributed by atoms with Gasteiger partial charge in [0.05, 0.1) is 23.2 Å². The van der Waals surface area contributed by atoms with Crippen LogP contribution in [0.4, 0.5) is 9.52 Å². The fourth-order valence-electron chi connectivity index (χ4n) is 3.65. The number of hydrogen-bond donors (Lipinski definition) is 0. The van der Waals surface area contributed by atoms with Gasteiger partial charge < -0.3 is 14.3 Å². The van der Waals surface area contributed by atoms with Crippen LogP contribution in [0.5, 0.6) is 0 Å². The molecule has 4 rings (SSSR count). The second-order valence-corrected chi connectivity index (χ2v) is 9.82. The van der Waals surface area contributed by atoms with Crippen LogP contribution < -0.4 is 4.90 Å². The molecule has 0 spiro atoms. The number of anilines is 1. The SMILES string of the molecule is CC(C)(C)C(=O)N1CC2CC1CN2c1ncc(-c2noc(C(C)(C)F)n2)s1. The molecule has 4 heterocycles. The summed E-state index contributed by atoms with van der Waals surface area (Å²) in [6.07, 6.45) is 2.67. The van der Waals surface area contributed by atoms with E-state index in [1.54, 1.807) is 6.20 Å². The molecule has 27 heavy (non-hydrogen) atoms. The first kappa shape index (κ1) is 18.3. The van der Waals surface area contributed by atoms with Crippen LogP contribution in [0, 0.1) is 5.41 Å². The molecule has 9 heteroatoms. The number of halogens is 1. The smallest absolute Gasteiger partial charge is 0.264 e. The van der Waals surface area contributed by atoms with Gasteiger partial charge in [-0.3, -0.25) is 4.79 Å². The predicted octanol–water partition coefficient (Wildman–Crippen LogP) is 3.23. The van der Waals surface area contributed by atoms with Gasteiger partial charge in [0.2, 0.25) is 11.7 Å².